The first kappa shape index (κ1) is 11.5. The van der Waals surface area contributed by atoms with E-state index in [1.54, 1.807) is 0 Å². The number of ketones is 1. The molecule has 1 nitrogen and oxygen atoms in total. The lowest BCUT2D eigenvalue weighted by Crippen LogP contribution is -2.22. The van der Waals surface area contributed by atoms with Crippen molar-refractivity contribution in [3.8, 4) is 0 Å². The van der Waals surface area contributed by atoms with Gasteiger partial charge in [0.1, 0.15) is 5.78 Å². The predicted molar refractivity (Wildman–Crippen MR) is 60.2 cm³/mol. The van der Waals surface area contributed by atoms with Gasteiger partial charge in [-0.05, 0) is 38.5 Å². The van der Waals surface area contributed by atoms with Crippen LogP contribution < -0.4 is 0 Å². The standard InChI is InChI=1S/C13H22O/c1-10(2)6-5-8-13(4)9-7-12(14)11(13)3/h6,11H,5,7-9H2,1-4H3/t11-,13?/m1/s1. The van der Waals surface area contributed by atoms with Crippen LogP contribution in [0.25, 0.3) is 0 Å². The molecule has 0 bridgehead atoms. The molecule has 1 aliphatic rings. The Balaban J connectivity index is 2.51. The minimum atomic E-state index is 0.267. The van der Waals surface area contributed by atoms with Crippen LogP contribution in [0.3, 0.4) is 0 Å². The van der Waals surface area contributed by atoms with Gasteiger partial charge in [0, 0.05) is 12.3 Å². The average Bonchev–Trinajstić information content (AvgIpc) is 2.34. The molecule has 1 rings (SSSR count). The van der Waals surface area contributed by atoms with Crippen molar-refractivity contribution in [1.82, 2.24) is 0 Å². The molecule has 0 heterocycles. The predicted octanol–water partition coefficient (Wildman–Crippen LogP) is 3.74. The van der Waals surface area contributed by atoms with Crippen LogP contribution in [-0.4, -0.2) is 5.78 Å². The molecule has 0 saturated heterocycles. The molecule has 0 N–H and O–H groups in total. The fraction of sp³-hybridized carbons (Fsp3) is 0.769. The first-order chi connectivity index (χ1) is 6.46. The van der Waals surface area contributed by atoms with Gasteiger partial charge in [-0.25, -0.2) is 0 Å². The topological polar surface area (TPSA) is 17.1 Å². The lowest BCUT2D eigenvalue weighted by atomic mass is 9.77. The number of carbonyl (C=O) groups excluding carboxylic acids is 1. The highest BCUT2D eigenvalue weighted by Crippen LogP contribution is 2.44. The fourth-order valence-corrected chi connectivity index (χ4v) is 2.26. The Bertz CT molecular complexity index is 248. The summed E-state index contributed by atoms with van der Waals surface area (Å²) in [4.78, 5) is 11.5. The van der Waals surface area contributed by atoms with Gasteiger partial charge in [0.15, 0.2) is 0 Å². The Labute approximate surface area is 87.6 Å². The van der Waals surface area contributed by atoms with Gasteiger partial charge in [-0.3, -0.25) is 4.79 Å². The Hall–Kier alpha value is -0.590. The number of allylic oxidation sites excluding steroid dienone is 2. The molecule has 0 aliphatic heterocycles. The highest BCUT2D eigenvalue weighted by atomic mass is 16.1. The monoisotopic (exact) mass is 194 g/mol. The lowest BCUT2D eigenvalue weighted by Gasteiger charge is -2.27. The Kier molecular flexibility index (Phi) is 3.52. The van der Waals surface area contributed by atoms with Crippen molar-refractivity contribution < 1.29 is 4.79 Å². The van der Waals surface area contributed by atoms with E-state index in [2.05, 4.69) is 33.8 Å². The molecule has 0 aromatic rings. The van der Waals surface area contributed by atoms with Gasteiger partial charge in [0.25, 0.3) is 0 Å². The summed E-state index contributed by atoms with van der Waals surface area (Å²) in [7, 11) is 0. The fourth-order valence-electron chi connectivity index (χ4n) is 2.26. The zero-order valence-electron chi connectivity index (χ0n) is 9.89. The number of hydrogen-bond donors (Lipinski definition) is 0. The largest absolute Gasteiger partial charge is 0.299 e. The van der Waals surface area contributed by atoms with Gasteiger partial charge >= 0.3 is 0 Å². The molecule has 0 aromatic carbocycles. The van der Waals surface area contributed by atoms with Crippen LogP contribution in [0.2, 0.25) is 0 Å². The van der Waals surface area contributed by atoms with E-state index in [9.17, 15) is 4.79 Å². The number of hydrogen-bond acceptors (Lipinski definition) is 1. The third-order valence-electron chi connectivity index (χ3n) is 3.74. The molecule has 14 heavy (non-hydrogen) atoms. The maximum atomic E-state index is 11.5. The molecule has 1 heteroatoms. The second kappa shape index (κ2) is 4.29. The molecule has 2 atom stereocenters. The van der Waals surface area contributed by atoms with Crippen molar-refractivity contribution in [1.29, 1.82) is 0 Å². The van der Waals surface area contributed by atoms with E-state index >= 15 is 0 Å². The third kappa shape index (κ3) is 2.46. The molecule has 1 saturated carbocycles. The second-order valence-corrected chi connectivity index (χ2v) is 5.16. The second-order valence-electron chi connectivity index (χ2n) is 5.16. The van der Waals surface area contributed by atoms with Gasteiger partial charge in [-0.2, -0.15) is 0 Å². The van der Waals surface area contributed by atoms with E-state index in [0.29, 0.717) is 5.78 Å². The van der Waals surface area contributed by atoms with Crippen LogP contribution in [0, 0.1) is 11.3 Å². The molecular formula is C13H22O. The van der Waals surface area contributed by atoms with Crippen molar-refractivity contribution in [3.05, 3.63) is 11.6 Å². The van der Waals surface area contributed by atoms with Gasteiger partial charge in [0.05, 0.1) is 0 Å². The highest BCUT2D eigenvalue weighted by molar-refractivity contribution is 5.83. The molecule has 0 spiro atoms. The van der Waals surface area contributed by atoms with Crippen molar-refractivity contribution in [2.75, 3.05) is 0 Å². The normalized spacial score (nSPS) is 32.0. The SMILES string of the molecule is CC(C)=CCCC1(C)CCC(=O)[C@H]1C. The van der Waals surface area contributed by atoms with Crippen LogP contribution in [0.15, 0.2) is 11.6 Å². The summed E-state index contributed by atoms with van der Waals surface area (Å²) in [6, 6.07) is 0. The smallest absolute Gasteiger partial charge is 0.136 e. The maximum absolute atomic E-state index is 11.5. The van der Waals surface area contributed by atoms with Crippen LogP contribution in [0.5, 0.6) is 0 Å². The molecule has 1 unspecified atom stereocenters. The summed E-state index contributed by atoms with van der Waals surface area (Å²) >= 11 is 0. The van der Waals surface area contributed by atoms with Crippen molar-refractivity contribution in [3.63, 3.8) is 0 Å². The molecular weight excluding hydrogens is 172 g/mol. The first-order valence-electron chi connectivity index (χ1n) is 5.62. The zero-order chi connectivity index (χ0) is 10.8. The summed E-state index contributed by atoms with van der Waals surface area (Å²) in [5, 5.41) is 0. The van der Waals surface area contributed by atoms with Crippen LogP contribution >= 0.6 is 0 Å². The van der Waals surface area contributed by atoms with Gasteiger partial charge in [0.2, 0.25) is 0 Å². The molecule has 0 aromatic heterocycles. The first-order valence-corrected chi connectivity index (χ1v) is 5.62. The van der Waals surface area contributed by atoms with E-state index in [-0.39, 0.29) is 11.3 Å². The lowest BCUT2D eigenvalue weighted by molar-refractivity contribution is -0.121. The average molecular weight is 194 g/mol. The summed E-state index contributed by atoms with van der Waals surface area (Å²) in [5.74, 6) is 0.734. The van der Waals surface area contributed by atoms with E-state index in [0.717, 1.165) is 25.7 Å². The van der Waals surface area contributed by atoms with E-state index in [4.69, 9.17) is 0 Å². The summed E-state index contributed by atoms with van der Waals surface area (Å²) in [6.07, 6.45) is 6.44. The number of carbonyl (C=O) groups is 1. The molecule has 1 fully saturated rings. The minimum Gasteiger partial charge on any atom is -0.299 e. The molecule has 0 amide bonds. The Morgan fingerprint density at radius 2 is 2.21 bits per heavy atom. The number of rotatable bonds is 3. The van der Waals surface area contributed by atoms with E-state index < -0.39 is 0 Å². The minimum absolute atomic E-state index is 0.267. The summed E-state index contributed by atoms with van der Waals surface area (Å²) in [5.41, 5.74) is 1.65. The molecule has 80 valence electrons. The number of Topliss-reactive ketones (excluding diaryl/α,β-unsaturated/α-hetero) is 1. The van der Waals surface area contributed by atoms with Crippen LogP contribution in [-0.2, 0) is 4.79 Å². The van der Waals surface area contributed by atoms with Gasteiger partial charge in [-0.15, -0.1) is 0 Å². The van der Waals surface area contributed by atoms with Crippen LogP contribution in [0.4, 0.5) is 0 Å². The quantitative estimate of drug-likeness (QED) is 0.625. The maximum Gasteiger partial charge on any atom is 0.136 e. The molecule has 0 radical (unpaired) electrons. The van der Waals surface area contributed by atoms with Crippen LogP contribution in [0.1, 0.15) is 53.4 Å². The summed E-state index contributed by atoms with van der Waals surface area (Å²) in [6.45, 7) is 8.62. The van der Waals surface area contributed by atoms with Gasteiger partial charge < -0.3 is 0 Å². The molecule has 1 aliphatic carbocycles. The summed E-state index contributed by atoms with van der Waals surface area (Å²) < 4.78 is 0. The van der Waals surface area contributed by atoms with Crippen molar-refractivity contribution >= 4 is 5.78 Å². The Morgan fingerprint density at radius 3 is 2.64 bits per heavy atom. The zero-order valence-corrected chi connectivity index (χ0v) is 9.89. The van der Waals surface area contributed by atoms with Gasteiger partial charge in [-0.1, -0.05) is 25.5 Å². The van der Waals surface area contributed by atoms with Crippen molar-refractivity contribution in [2.45, 2.75) is 53.4 Å². The van der Waals surface area contributed by atoms with Crippen molar-refractivity contribution in [2.24, 2.45) is 11.3 Å². The third-order valence-corrected chi connectivity index (χ3v) is 3.74. The van der Waals surface area contributed by atoms with E-state index in [1.165, 1.54) is 5.57 Å². The Morgan fingerprint density at radius 1 is 1.57 bits per heavy atom. The van der Waals surface area contributed by atoms with E-state index in [1.807, 2.05) is 0 Å². The highest BCUT2D eigenvalue weighted by Gasteiger charge is 2.40.